The van der Waals surface area contributed by atoms with Gasteiger partial charge in [0.15, 0.2) is 0 Å². The molecule has 3 nitrogen and oxygen atoms in total. The van der Waals surface area contributed by atoms with Gasteiger partial charge in [0.25, 0.3) is 0 Å². The number of piperidine rings is 1. The van der Waals surface area contributed by atoms with E-state index in [2.05, 4.69) is 6.92 Å². The van der Waals surface area contributed by atoms with Crippen LogP contribution in [0, 0.1) is 11.3 Å². The maximum absolute atomic E-state index is 12.2. The fraction of sp³-hybridized carbons (Fsp3) is 0.938. The number of aliphatic hydroxyl groups is 1. The zero-order valence-electron chi connectivity index (χ0n) is 12.4. The quantitative estimate of drug-likeness (QED) is 0.832. The maximum Gasteiger partial charge on any atom is 0.222 e. The Morgan fingerprint density at radius 3 is 2.42 bits per heavy atom. The van der Waals surface area contributed by atoms with Crippen LogP contribution in [0.3, 0.4) is 0 Å². The van der Waals surface area contributed by atoms with Crippen molar-refractivity contribution in [3.63, 3.8) is 0 Å². The van der Waals surface area contributed by atoms with Gasteiger partial charge in [0.05, 0.1) is 0 Å². The fourth-order valence-electron chi connectivity index (χ4n) is 3.64. The smallest absolute Gasteiger partial charge is 0.222 e. The second-order valence-corrected chi connectivity index (χ2v) is 6.58. The highest BCUT2D eigenvalue weighted by molar-refractivity contribution is 5.76. The van der Waals surface area contributed by atoms with Gasteiger partial charge >= 0.3 is 0 Å². The monoisotopic (exact) mass is 267 g/mol. The second kappa shape index (κ2) is 6.74. The van der Waals surface area contributed by atoms with E-state index in [1.807, 2.05) is 4.90 Å². The third-order valence-corrected chi connectivity index (χ3v) is 5.50. The van der Waals surface area contributed by atoms with Crippen molar-refractivity contribution in [2.24, 2.45) is 11.3 Å². The molecule has 1 aliphatic carbocycles. The second-order valence-electron chi connectivity index (χ2n) is 6.58. The van der Waals surface area contributed by atoms with Crippen LogP contribution in [0.15, 0.2) is 0 Å². The van der Waals surface area contributed by atoms with Crippen LogP contribution in [0.4, 0.5) is 0 Å². The molecule has 1 amide bonds. The molecule has 1 heterocycles. The maximum atomic E-state index is 12.2. The first kappa shape index (κ1) is 14.8. The summed E-state index contributed by atoms with van der Waals surface area (Å²) in [5.74, 6) is 1.15. The van der Waals surface area contributed by atoms with Crippen molar-refractivity contribution in [3.8, 4) is 0 Å². The van der Waals surface area contributed by atoms with E-state index in [1.165, 1.54) is 25.7 Å². The Morgan fingerprint density at radius 1 is 1.26 bits per heavy atom. The number of amides is 1. The van der Waals surface area contributed by atoms with E-state index in [1.54, 1.807) is 0 Å². The van der Waals surface area contributed by atoms with Crippen molar-refractivity contribution in [2.75, 3.05) is 19.7 Å². The molecular weight excluding hydrogens is 238 g/mol. The average molecular weight is 267 g/mol. The highest BCUT2D eigenvalue weighted by Crippen LogP contribution is 2.35. The summed E-state index contributed by atoms with van der Waals surface area (Å²) in [7, 11) is 0. The third-order valence-electron chi connectivity index (χ3n) is 5.50. The van der Waals surface area contributed by atoms with E-state index in [0.29, 0.717) is 5.91 Å². The molecular formula is C16H29NO2. The summed E-state index contributed by atoms with van der Waals surface area (Å²) in [4.78, 5) is 14.2. The van der Waals surface area contributed by atoms with Gasteiger partial charge in [-0.2, -0.15) is 0 Å². The van der Waals surface area contributed by atoms with Crippen LogP contribution >= 0.6 is 0 Å². The van der Waals surface area contributed by atoms with Gasteiger partial charge in [0.1, 0.15) is 0 Å². The van der Waals surface area contributed by atoms with Gasteiger partial charge in [-0.15, -0.1) is 0 Å². The van der Waals surface area contributed by atoms with Crippen molar-refractivity contribution in [2.45, 2.75) is 64.7 Å². The number of hydrogen-bond acceptors (Lipinski definition) is 2. The first-order valence-electron chi connectivity index (χ1n) is 8.08. The summed E-state index contributed by atoms with van der Waals surface area (Å²) >= 11 is 0. The van der Waals surface area contributed by atoms with Crippen LogP contribution in [0.5, 0.6) is 0 Å². The summed E-state index contributed by atoms with van der Waals surface area (Å²) in [6.45, 7) is 4.11. The Bertz CT molecular complexity index is 283. The molecule has 19 heavy (non-hydrogen) atoms. The Morgan fingerprint density at radius 2 is 1.89 bits per heavy atom. The average Bonchev–Trinajstić information content (AvgIpc) is 2.98. The Kier molecular flexibility index (Phi) is 5.26. The van der Waals surface area contributed by atoms with Crippen LogP contribution in [-0.2, 0) is 4.79 Å². The van der Waals surface area contributed by atoms with E-state index in [0.717, 1.165) is 51.1 Å². The number of carbonyl (C=O) groups is 1. The molecule has 3 heteroatoms. The van der Waals surface area contributed by atoms with Crippen LogP contribution in [0.2, 0.25) is 0 Å². The molecule has 0 spiro atoms. The molecule has 2 rings (SSSR count). The summed E-state index contributed by atoms with van der Waals surface area (Å²) in [6, 6.07) is 0. The number of aliphatic hydroxyl groups excluding tert-OH is 1. The Balaban J connectivity index is 1.72. The lowest BCUT2D eigenvalue weighted by Gasteiger charge is -2.40. The molecule has 0 aromatic rings. The zero-order valence-corrected chi connectivity index (χ0v) is 12.4. The Hall–Kier alpha value is -0.570. The van der Waals surface area contributed by atoms with Crippen LogP contribution in [0.1, 0.15) is 64.7 Å². The zero-order chi connectivity index (χ0) is 13.7. The van der Waals surface area contributed by atoms with Gasteiger partial charge < -0.3 is 10.0 Å². The van der Waals surface area contributed by atoms with Crippen molar-refractivity contribution in [1.82, 2.24) is 4.90 Å². The molecule has 0 unspecified atom stereocenters. The number of carbonyl (C=O) groups excluding carboxylic acids is 1. The minimum absolute atomic E-state index is 0.0855. The van der Waals surface area contributed by atoms with Crippen molar-refractivity contribution in [3.05, 3.63) is 0 Å². The molecule has 1 aliphatic heterocycles. The molecule has 1 saturated heterocycles. The highest BCUT2D eigenvalue weighted by atomic mass is 16.3. The summed E-state index contributed by atoms with van der Waals surface area (Å²) in [5, 5.41) is 9.51. The fourth-order valence-corrected chi connectivity index (χ4v) is 3.64. The van der Waals surface area contributed by atoms with Crippen molar-refractivity contribution >= 4 is 5.91 Å². The first-order valence-corrected chi connectivity index (χ1v) is 8.08. The minimum atomic E-state index is 0.0855. The molecule has 0 bridgehead atoms. The van der Waals surface area contributed by atoms with Crippen LogP contribution in [0.25, 0.3) is 0 Å². The minimum Gasteiger partial charge on any atom is -0.396 e. The van der Waals surface area contributed by atoms with E-state index in [9.17, 15) is 9.90 Å². The number of nitrogens with zero attached hydrogens (tertiary/aromatic N) is 1. The number of likely N-dealkylation sites (tertiary alicyclic amines) is 1. The number of hydrogen-bond donors (Lipinski definition) is 1. The summed E-state index contributed by atoms with van der Waals surface area (Å²) in [6.07, 6.45) is 10.2. The molecule has 2 fully saturated rings. The molecule has 0 aromatic carbocycles. The van der Waals surface area contributed by atoms with E-state index in [4.69, 9.17) is 0 Å². The van der Waals surface area contributed by atoms with E-state index in [-0.39, 0.29) is 12.0 Å². The normalized spacial score (nSPS) is 23.8. The highest BCUT2D eigenvalue weighted by Gasteiger charge is 2.33. The van der Waals surface area contributed by atoms with Crippen LogP contribution < -0.4 is 0 Å². The molecule has 1 N–H and O–H groups in total. The predicted octanol–water partition coefficient (Wildman–Crippen LogP) is 2.97. The molecule has 1 saturated carbocycles. The van der Waals surface area contributed by atoms with E-state index < -0.39 is 0 Å². The van der Waals surface area contributed by atoms with E-state index >= 15 is 0 Å². The lowest BCUT2D eigenvalue weighted by atomic mass is 9.77. The predicted molar refractivity (Wildman–Crippen MR) is 76.8 cm³/mol. The van der Waals surface area contributed by atoms with Gasteiger partial charge in [-0.3, -0.25) is 4.79 Å². The molecule has 2 aliphatic rings. The van der Waals surface area contributed by atoms with Gasteiger partial charge in [0, 0.05) is 26.1 Å². The summed E-state index contributed by atoms with van der Waals surface area (Å²) < 4.78 is 0. The lowest BCUT2D eigenvalue weighted by molar-refractivity contribution is -0.134. The Labute approximate surface area is 117 Å². The number of rotatable bonds is 5. The molecule has 0 aromatic heterocycles. The summed E-state index contributed by atoms with van der Waals surface area (Å²) in [5.41, 5.74) is 0.0855. The van der Waals surface area contributed by atoms with Gasteiger partial charge in [0.2, 0.25) is 5.91 Å². The van der Waals surface area contributed by atoms with Crippen molar-refractivity contribution < 1.29 is 9.90 Å². The SMILES string of the molecule is CCC1(CO)CCN(C(=O)CCC2CCCC2)CC1. The van der Waals surface area contributed by atoms with Crippen LogP contribution in [-0.4, -0.2) is 35.6 Å². The molecule has 0 atom stereocenters. The van der Waals surface area contributed by atoms with Gasteiger partial charge in [-0.25, -0.2) is 0 Å². The molecule has 0 radical (unpaired) electrons. The standard InChI is InChI=1S/C16H29NO2/c1-2-16(13-18)9-11-17(12-10-16)15(19)8-7-14-5-3-4-6-14/h14,18H,2-13H2,1H3. The lowest BCUT2D eigenvalue weighted by Crippen LogP contribution is -2.44. The van der Waals surface area contributed by atoms with Gasteiger partial charge in [-0.05, 0) is 37.0 Å². The van der Waals surface area contributed by atoms with Crippen molar-refractivity contribution in [1.29, 1.82) is 0 Å². The van der Waals surface area contributed by atoms with Gasteiger partial charge in [-0.1, -0.05) is 32.6 Å². The largest absolute Gasteiger partial charge is 0.396 e. The first-order chi connectivity index (χ1) is 9.19. The topological polar surface area (TPSA) is 40.5 Å². The molecule has 110 valence electrons. The third kappa shape index (κ3) is 3.71.